The van der Waals surface area contributed by atoms with Crippen LogP contribution < -0.4 is 10.1 Å². The van der Waals surface area contributed by atoms with Crippen molar-refractivity contribution in [3.8, 4) is 5.75 Å². The Morgan fingerprint density at radius 2 is 2.06 bits per heavy atom. The fourth-order valence-corrected chi connectivity index (χ4v) is 3.94. The highest BCUT2D eigenvalue weighted by Crippen LogP contribution is 2.28. The van der Waals surface area contributed by atoms with E-state index in [-0.39, 0.29) is 17.4 Å². The number of halogens is 4. The number of thioether (sulfide) groups is 1. The van der Waals surface area contributed by atoms with Crippen molar-refractivity contribution in [2.75, 3.05) is 11.1 Å². The van der Waals surface area contributed by atoms with E-state index in [2.05, 4.69) is 22.1 Å². The molecule has 0 aliphatic carbocycles. The number of amides is 1. The summed E-state index contributed by atoms with van der Waals surface area (Å²) in [6, 6.07) is 7.81. The molecule has 3 aromatic rings. The number of hydrogen-bond acceptors (Lipinski definition) is 5. The van der Waals surface area contributed by atoms with Crippen molar-refractivity contribution in [1.29, 1.82) is 0 Å². The van der Waals surface area contributed by atoms with Crippen LogP contribution in [0.15, 0.2) is 54.2 Å². The number of nitrogens with zero attached hydrogens (tertiary/aromatic N) is 3. The highest BCUT2D eigenvalue weighted by atomic mass is 35.5. The lowest BCUT2D eigenvalue weighted by Crippen LogP contribution is -2.16. The van der Waals surface area contributed by atoms with E-state index in [1.54, 1.807) is 29.7 Å². The molecule has 1 unspecified atom stereocenters. The van der Waals surface area contributed by atoms with Crippen LogP contribution in [0, 0.1) is 11.6 Å². The maximum Gasteiger partial charge on any atom is 0.234 e. The summed E-state index contributed by atoms with van der Waals surface area (Å²) < 4.78 is 34.4. The van der Waals surface area contributed by atoms with Gasteiger partial charge in [-0.05, 0) is 37.3 Å². The van der Waals surface area contributed by atoms with E-state index in [9.17, 15) is 13.6 Å². The zero-order valence-corrected chi connectivity index (χ0v) is 19.1. The molecule has 0 saturated carbocycles. The first kappa shape index (κ1) is 24.0. The Morgan fingerprint density at radius 1 is 1.28 bits per heavy atom. The third-order valence-corrected chi connectivity index (χ3v) is 5.67. The quantitative estimate of drug-likeness (QED) is 0.293. The summed E-state index contributed by atoms with van der Waals surface area (Å²) >= 11 is 13.1. The molecule has 1 aromatic heterocycles. The molecule has 0 fully saturated rings. The van der Waals surface area contributed by atoms with Gasteiger partial charge in [-0.2, -0.15) is 0 Å². The van der Waals surface area contributed by atoms with Crippen molar-refractivity contribution in [2.24, 2.45) is 0 Å². The molecule has 0 bridgehead atoms. The van der Waals surface area contributed by atoms with Crippen LogP contribution in [-0.4, -0.2) is 26.4 Å². The average molecular weight is 499 g/mol. The molecule has 2 aromatic carbocycles. The molecule has 32 heavy (non-hydrogen) atoms. The maximum atomic E-state index is 13.9. The molecule has 0 spiro atoms. The fraction of sp³-hybridized carbons (Fsp3) is 0.190. The third kappa shape index (κ3) is 5.99. The van der Waals surface area contributed by atoms with E-state index in [1.165, 1.54) is 12.1 Å². The number of carbonyl (C=O) groups is 1. The molecule has 0 saturated heterocycles. The van der Waals surface area contributed by atoms with Crippen LogP contribution in [0.4, 0.5) is 14.5 Å². The van der Waals surface area contributed by atoms with Crippen LogP contribution in [0.3, 0.4) is 0 Å². The Bertz CT molecular complexity index is 1140. The number of hydrogen-bond donors (Lipinski definition) is 1. The lowest BCUT2D eigenvalue weighted by molar-refractivity contribution is -0.113. The minimum atomic E-state index is -0.821. The monoisotopic (exact) mass is 498 g/mol. The first-order valence-electron chi connectivity index (χ1n) is 9.32. The minimum Gasteiger partial charge on any atom is -0.480 e. The van der Waals surface area contributed by atoms with E-state index in [1.807, 2.05) is 0 Å². The summed E-state index contributed by atoms with van der Waals surface area (Å²) in [6.45, 7) is 5.72. The highest BCUT2D eigenvalue weighted by Gasteiger charge is 2.21. The molecule has 11 heteroatoms. The number of benzene rings is 2. The Hall–Kier alpha value is -2.62. The second-order valence-corrected chi connectivity index (χ2v) is 8.32. The summed E-state index contributed by atoms with van der Waals surface area (Å²) in [7, 11) is 0. The van der Waals surface area contributed by atoms with E-state index in [0.717, 1.165) is 23.9 Å². The zero-order valence-electron chi connectivity index (χ0n) is 16.8. The van der Waals surface area contributed by atoms with Crippen molar-refractivity contribution < 1.29 is 18.3 Å². The minimum absolute atomic E-state index is 0.0378. The topological polar surface area (TPSA) is 69.0 Å². The number of carbonyl (C=O) groups excluding carboxylic acids is 1. The van der Waals surface area contributed by atoms with Gasteiger partial charge >= 0.3 is 0 Å². The predicted molar refractivity (Wildman–Crippen MR) is 121 cm³/mol. The van der Waals surface area contributed by atoms with Crippen molar-refractivity contribution in [2.45, 2.75) is 24.7 Å². The van der Waals surface area contributed by atoms with Crippen molar-refractivity contribution in [3.05, 3.63) is 76.6 Å². The molecular weight excluding hydrogens is 481 g/mol. The van der Waals surface area contributed by atoms with Gasteiger partial charge in [0.25, 0.3) is 0 Å². The van der Waals surface area contributed by atoms with Gasteiger partial charge in [-0.25, -0.2) is 8.78 Å². The van der Waals surface area contributed by atoms with Crippen LogP contribution in [-0.2, 0) is 11.3 Å². The predicted octanol–water partition coefficient (Wildman–Crippen LogP) is 5.92. The number of rotatable bonds is 9. The smallest absolute Gasteiger partial charge is 0.234 e. The first-order chi connectivity index (χ1) is 15.3. The summed E-state index contributed by atoms with van der Waals surface area (Å²) in [5.74, 6) is -1.49. The van der Waals surface area contributed by atoms with Crippen LogP contribution in [0.25, 0.3) is 0 Å². The Balaban J connectivity index is 1.69. The molecule has 3 rings (SSSR count). The average Bonchev–Trinajstić information content (AvgIpc) is 3.13. The molecule has 0 aliphatic rings. The lowest BCUT2D eigenvalue weighted by atomic mass is 10.3. The second kappa shape index (κ2) is 10.8. The van der Waals surface area contributed by atoms with E-state index < -0.39 is 17.7 Å². The second-order valence-electron chi connectivity index (χ2n) is 6.54. The van der Waals surface area contributed by atoms with E-state index in [0.29, 0.717) is 33.3 Å². The number of allylic oxidation sites excluding steroid dienone is 1. The van der Waals surface area contributed by atoms with Gasteiger partial charge in [0, 0.05) is 17.6 Å². The molecule has 0 aliphatic heterocycles. The number of ether oxygens (including phenoxy) is 1. The summed E-state index contributed by atoms with van der Waals surface area (Å²) in [5.41, 5.74) is 0.443. The van der Waals surface area contributed by atoms with Crippen LogP contribution in [0.1, 0.15) is 18.9 Å². The van der Waals surface area contributed by atoms with Crippen molar-refractivity contribution in [1.82, 2.24) is 14.8 Å². The Labute approximate surface area is 197 Å². The van der Waals surface area contributed by atoms with Gasteiger partial charge < -0.3 is 10.1 Å². The Morgan fingerprint density at radius 3 is 2.75 bits per heavy atom. The lowest BCUT2D eigenvalue weighted by Gasteiger charge is -2.16. The van der Waals surface area contributed by atoms with Gasteiger partial charge in [0.15, 0.2) is 28.7 Å². The van der Waals surface area contributed by atoms with Crippen LogP contribution >= 0.6 is 35.0 Å². The van der Waals surface area contributed by atoms with Crippen molar-refractivity contribution in [3.63, 3.8) is 0 Å². The number of aromatic nitrogens is 3. The largest absolute Gasteiger partial charge is 0.480 e. The highest BCUT2D eigenvalue weighted by molar-refractivity contribution is 7.99. The standard InChI is InChI=1S/C21H18Cl2F2N4O2S/c1-3-8-29-20(12(2)31-18-7-5-14(24)10-16(18)25)27-28-21(29)32-11-19(30)26-17-6-4-13(22)9-15(17)23/h3-7,9-10,12H,1,8,11H2,2H3,(H,26,30). The molecule has 1 heterocycles. The summed E-state index contributed by atoms with van der Waals surface area (Å²) in [4.78, 5) is 12.3. The van der Waals surface area contributed by atoms with Gasteiger partial charge in [0.2, 0.25) is 5.91 Å². The third-order valence-electron chi connectivity index (χ3n) is 4.16. The zero-order chi connectivity index (χ0) is 23.3. The molecule has 168 valence electrons. The number of anilines is 1. The maximum absolute atomic E-state index is 13.9. The van der Waals surface area contributed by atoms with Crippen LogP contribution in [0.5, 0.6) is 5.75 Å². The van der Waals surface area contributed by atoms with E-state index >= 15 is 0 Å². The molecular formula is C21H18Cl2F2N4O2S. The summed E-state index contributed by atoms with van der Waals surface area (Å²) in [6.07, 6.45) is 0.939. The van der Waals surface area contributed by atoms with Crippen molar-refractivity contribution >= 4 is 46.6 Å². The summed E-state index contributed by atoms with van der Waals surface area (Å²) in [5, 5.41) is 12.2. The molecule has 1 N–H and O–H groups in total. The normalized spacial score (nSPS) is 11.8. The fourth-order valence-electron chi connectivity index (χ4n) is 2.73. The molecule has 1 amide bonds. The van der Waals surface area contributed by atoms with E-state index in [4.69, 9.17) is 27.9 Å². The van der Waals surface area contributed by atoms with Gasteiger partial charge in [0.1, 0.15) is 5.82 Å². The van der Waals surface area contributed by atoms with Gasteiger partial charge in [-0.3, -0.25) is 9.36 Å². The van der Waals surface area contributed by atoms with Gasteiger partial charge in [-0.1, -0.05) is 41.0 Å². The van der Waals surface area contributed by atoms with Gasteiger partial charge in [-0.15, -0.1) is 16.8 Å². The first-order valence-corrected chi connectivity index (χ1v) is 11.1. The van der Waals surface area contributed by atoms with Crippen LogP contribution in [0.2, 0.25) is 10.0 Å². The molecule has 6 nitrogen and oxygen atoms in total. The number of nitrogens with one attached hydrogen (secondary N) is 1. The SMILES string of the molecule is C=CCn1c(SCC(=O)Nc2ccc(Cl)cc2Cl)nnc1C(C)Oc1ccc(F)cc1F. The molecule has 0 radical (unpaired) electrons. The van der Waals surface area contributed by atoms with Gasteiger partial charge in [0.05, 0.1) is 16.5 Å². The Kier molecular flexibility index (Phi) is 8.11. The molecule has 1 atom stereocenters.